The highest BCUT2D eigenvalue weighted by atomic mass is 35.5. The minimum Gasteiger partial charge on any atom is -0.267 e. The van der Waals surface area contributed by atoms with Gasteiger partial charge in [-0.1, -0.05) is 23.7 Å². The molecule has 0 saturated carbocycles. The third-order valence-corrected chi connectivity index (χ3v) is 5.22. The average molecular weight is 476 g/mol. The second kappa shape index (κ2) is 9.34. The number of aromatic nitrogens is 2. The van der Waals surface area contributed by atoms with Gasteiger partial charge in [-0.05, 0) is 49.7 Å². The molecule has 0 radical (unpaired) electrons. The Kier molecular flexibility index (Phi) is 6.74. The summed E-state index contributed by atoms with van der Waals surface area (Å²) in [6.07, 6.45) is -4.60. The van der Waals surface area contributed by atoms with Crippen molar-refractivity contribution in [2.75, 3.05) is 0 Å². The van der Waals surface area contributed by atoms with Gasteiger partial charge in [-0.2, -0.15) is 23.5 Å². The van der Waals surface area contributed by atoms with Crippen molar-refractivity contribution < 1.29 is 22.8 Å². The van der Waals surface area contributed by atoms with E-state index in [2.05, 4.69) is 5.10 Å². The van der Waals surface area contributed by atoms with Crippen molar-refractivity contribution in [3.05, 3.63) is 81.1 Å². The lowest BCUT2D eigenvalue weighted by Gasteiger charge is -2.10. The molecule has 0 atom stereocenters. The van der Waals surface area contributed by atoms with Crippen LogP contribution in [0.2, 0.25) is 5.02 Å². The number of carbonyl (C=O) groups excluding carboxylic acids is 2. The van der Waals surface area contributed by atoms with Gasteiger partial charge in [0.2, 0.25) is 0 Å². The van der Waals surface area contributed by atoms with Gasteiger partial charge in [0.15, 0.2) is 0 Å². The zero-order chi connectivity index (χ0) is 24.3. The van der Waals surface area contributed by atoms with Gasteiger partial charge in [-0.25, -0.2) is 4.68 Å². The van der Waals surface area contributed by atoms with E-state index in [4.69, 9.17) is 16.9 Å². The van der Waals surface area contributed by atoms with Gasteiger partial charge in [0, 0.05) is 23.2 Å². The summed E-state index contributed by atoms with van der Waals surface area (Å²) in [5, 5.41) is 13.9. The summed E-state index contributed by atoms with van der Waals surface area (Å²) in [5.41, 5.74) is 7.63. The molecule has 0 bridgehead atoms. The smallest absolute Gasteiger partial charge is 0.267 e. The van der Waals surface area contributed by atoms with E-state index < -0.39 is 18.0 Å². The van der Waals surface area contributed by atoms with Crippen molar-refractivity contribution in [1.82, 2.24) is 20.6 Å². The maximum atomic E-state index is 12.2. The molecular weight excluding hydrogens is 459 g/mol. The minimum absolute atomic E-state index is 0.0811. The maximum absolute atomic E-state index is 12.2. The molecule has 2 aromatic carbocycles. The highest BCUT2D eigenvalue weighted by Gasteiger charge is 2.39. The number of nitriles is 1. The molecular formula is C22H17ClF3N5O2. The Morgan fingerprint density at radius 2 is 1.79 bits per heavy atom. The number of benzene rings is 2. The number of amides is 2. The first-order chi connectivity index (χ1) is 15.5. The molecule has 170 valence electrons. The van der Waals surface area contributed by atoms with Crippen molar-refractivity contribution in [2.24, 2.45) is 0 Å². The van der Waals surface area contributed by atoms with Gasteiger partial charge >= 0.3 is 12.1 Å². The van der Waals surface area contributed by atoms with Crippen molar-refractivity contribution >= 4 is 23.4 Å². The standard InChI is InChI=1S/C22H17ClF3N5O2/c1-12-18(13(2)31(30-12)17-8-7-16(11-27)19(23)10-17)9-14-3-5-15(6-4-14)20(32)28-29-21(33)22(24,25)26/h3-8,10H,9H2,1-2H3,(H,28,32)(H,29,33). The molecule has 0 aliphatic heterocycles. The molecule has 0 unspecified atom stereocenters. The summed E-state index contributed by atoms with van der Waals surface area (Å²) in [6.45, 7) is 3.75. The number of nitrogens with one attached hydrogen (secondary N) is 2. The fourth-order valence-corrected chi connectivity index (χ4v) is 3.36. The Bertz CT molecular complexity index is 1260. The summed E-state index contributed by atoms with van der Waals surface area (Å²) in [4.78, 5) is 22.7. The predicted octanol–water partition coefficient (Wildman–Crippen LogP) is 3.93. The molecule has 2 amide bonds. The molecule has 3 aromatic rings. The lowest BCUT2D eigenvalue weighted by atomic mass is 10.0. The van der Waals surface area contributed by atoms with Crippen molar-refractivity contribution in [3.8, 4) is 11.8 Å². The molecule has 2 N–H and O–H groups in total. The summed E-state index contributed by atoms with van der Waals surface area (Å²) in [5.74, 6) is -3.14. The highest BCUT2D eigenvalue weighted by Crippen LogP contribution is 2.24. The maximum Gasteiger partial charge on any atom is 0.472 e. The van der Waals surface area contributed by atoms with Crippen LogP contribution in [-0.2, 0) is 11.2 Å². The first kappa shape index (κ1) is 23.8. The SMILES string of the molecule is Cc1nn(-c2ccc(C#N)c(Cl)c2)c(C)c1Cc1ccc(C(=O)NNC(=O)C(F)(F)F)cc1. The molecule has 11 heteroatoms. The third-order valence-electron chi connectivity index (χ3n) is 4.90. The van der Waals surface area contributed by atoms with Gasteiger partial charge in [-0.3, -0.25) is 20.4 Å². The first-order valence-electron chi connectivity index (χ1n) is 9.53. The largest absolute Gasteiger partial charge is 0.472 e. The number of hydrogen-bond donors (Lipinski definition) is 2. The van der Waals surface area contributed by atoms with E-state index in [1.165, 1.54) is 17.6 Å². The molecule has 1 heterocycles. The number of aryl methyl sites for hydroxylation is 1. The number of rotatable bonds is 4. The van der Waals surface area contributed by atoms with Crippen molar-refractivity contribution in [3.63, 3.8) is 0 Å². The van der Waals surface area contributed by atoms with E-state index in [0.29, 0.717) is 22.7 Å². The molecule has 1 aromatic heterocycles. The Morgan fingerprint density at radius 3 is 2.36 bits per heavy atom. The summed E-state index contributed by atoms with van der Waals surface area (Å²) in [6, 6.07) is 13.3. The Labute approximate surface area is 191 Å². The number of alkyl halides is 3. The second-order valence-corrected chi connectivity index (χ2v) is 7.52. The lowest BCUT2D eigenvalue weighted by molar-refractivity contribution is -0.174. The van der Waals surface area contributed by atoms with Crippen LogP contribution in [0, 0.1) is 25.2 Å². The normalized spacial score (nSPS) is 11.1. The van der Waals surface area contributed by atoms with Crippen LogP contribution < -0.4 is 10.9 Å². The number of halogens is 4. The Morgan fingerprint density at radius 1 is 1.12 bits per heavy atom. The van der Waals surface area contributed by atoms with E-state index in [-0.39, 0.29) is 5.56 Å². The van der Waals surface area contributed by atoms with Crippen LogP contribution in [0.1, 0.15) is 38.4 Å². The summed E-state index contributed by atoms with van der Waals surface area (Å²) in [7, 11) is 0. The topological polar surface area (TPSA) is 99.8 Å². The van der Waals surface area contributed by atoms with Crippen LogP contribution in [-0.4, -0.2) is 27.8 Å². The first-order valence-corrected chi connectivity index (χ1v) is 9.90. The number of nitrogens with zero attached hydrogens (tertiary/aromatic N) is 3. The highest BCUT2D eigenvalue weighted by molar-refractivity contribution is 6.31. The lowest BCUT2D eigenvalue weighted by Crippen LogP contribution is -2.47. The fourth-order valence-electron chi connectivity index (χ4n) is 3.14. The molecule has 0 fully saturated rings. The molecule has 7 nitrogen and oxygen atoms in total. The summed E-state index contributed by atoms with van der Waals surface area (Å²) >= 11 is 6.14. The van der Waals surface area contributed by atoms with Gasteiger partial charge in [-0.15, -0.1) is 0 Å². The molecule has 0 saturated heterocycles. The number of hydrogen-bond acceptors (Lipinski definition) is 4. The minimum atomic E-state index is -5.10. The van der Waals surface area contributed by atoms with E-state index in [9.17, 15) is 22.8 Å². The zero-order valence-corrected chi connectivity index (χ0v) is 18.2. The van der Waals surface area contributed by atoms with E-state index in [1.807, 2.05) is 19.9 Å². The Hall–Kier alpha value is -3.84. The summed E-state index contributed by atoms with van der Waals surface area (Å²) < 4.78 is 38.3. The van der Waals surface area contributed by atoms with Crippen LogP contribution in [0.25, 0.3) is 5.69 Å². The van der Waals surface area contributed by atoms with Crippen LogP contribution in [0.3, 0.4) is 0 Å². The van der Waals surface area contributed by atoms with Crippen LogP contribution in [0.4, 0.5) is 13.2 Å². The quantitative estimate of drug-likeness (QED) is 0.558. The van der Waals surface area contributed by atoms with Gasteiger partial charge in [0.25, 0.3) is 5.91 Å². The van der Waals surface area contributed by atoms with Crippen LogP contribution >= 0.6 is 11.6 Å². The molecule has 3 rings (SSSR count). The van der Waals surface area contributed by atoms with E-state index in [0.717, 1.165) is 22.5 Å². The van der Waals surface area contributed by atoms with Crippen molar-refractivity contribution in [1.29, 1.82) is 5.26 Å². The molecule has 0 aliphatic carbocycles. The van der Waals surface area contributed by atoms with E-state index in [1.54, 1.807) is 40.4 Å². The van der Waals surface area contributed by atoms with Crippen LogP contribution in [0.5, 0.6) is 0 Å². The van der Waals surface area contributed by atoms with E-state index >= 15 is 0 Å². The molecule has 0 aliphatic rings. The van der Waals surface area contributed by atoms with Gasteiger partial charge < -0.3 is 0 Å². The molecule has 33 heavy (non-hydrogen) atoms. The van der Waals surface area contributed by atoms with Crippen LogP contribution in [0.15, 0.2) is 42.5 Å². The number of carbonyl (C=O) groups is 2. The predicted molar refractivity (Wildman–Crippen MR) is 114 cm³/mol. The second-order valence-electron chi connectivity index (χ2n) is 7.12. The third kappa shape index (κ3) is 5.32. The van der Waals surface area contributed by atoms with Gasteiger partial charge in [0.1, 0.15) is 6.07 Å². The van der Waals surface area contributed by atoms with Gasteiger partial charge in [0.05, 0.1) is 22.0 Å². The monoisotopic (exact) mass is 475 g/mol. The average Bonchev–Trinajstić information content (AvgIpc) is 3.05. The fraction of sp³-hybridized carbons (Fsp3) is 0.182. The zero-order valence-electron chi connectivity index (χ0n) is 17.4. The van der Waals surface area contributed by atoms with Crippen molar-refractivity contribution in [2.45, 2.75) is 26.4 Å². The number of hydrazine groups is 1. The molecule has 0 spiro atoms. The Balaban J connectivity index is 1.74.